The fourth-order valence-corrected chi connectivity index (χ4v) is 3.96. The van der Waals surface area contributed by atoms with Gasteiger partial charge in [-0.05, 0) is 132 Å². The molecule has 0 aliphatic heterocycles. The van der Waals surface area contributed by atoms with E-state index in [-0.39, 0.29) is 23.8 Å². The minimum atomic E-state index is -1.06. The van der Waals surface area contributed by atoms with Crippen molar-refractivity contribution in [1.82, 2.24) is 0 Å². The second-order valence-corrected chi connectivity index (χ2v) is 17.3. The second-order valence-electron chi connectivity index (χ2n) is 17.3. The minimum Gasteiger partial charge on any atom is -0.444 e. The molecule has 0 aromatic heterocycles. The number of benzene rings is 3. The summed E-state index contributed by atoms with van der Waals surface area (Å²) in [6.45, 7) is 32.3. The largest absolute Gasteiger partial charge is 0.519 e. The van der Waals surface area contributed by atoms with Crippen LogP contribution in [0.3, 0.4) is 0 Å². The van der Waals surface area contributed by atoms with Gasteiger partial charge >= 0.3 is 30.2 Å². The van der Waals surface area contributed by atoms with E-state index in [1.165, 1.54) is 12.1 Å². The summed E-state index contributed by atoms with van der Waals surface area (Å²) >= 11 is 0. The van der Waals surface area contributed by atoms with Crippen LogP contribution in [0.25, 0.3) is 0 Å². The van der Waals surface area contributed by atoms with Gasteiger partial charge in [-0.15, -0.1) is 0 Å². The molecule has 3 aromatic carbocycles. The van der Waals surface area contributed by atoms with Gasteiger partial charge in [0.05, 0.1) is 27.3 Å². The summed E-state index contributed by atoms with van der Waals surface area (Å²) in [5.41, 5.74) is 8.97. The zero-order chi connectivity index (χ0) is 56.0. The molecule has 0 aliphatic rings. The molecule has 3 aromatic rings. The number of nitro groups is 2. The number of non-ortho nitro benzene ring substituents is 1. The van der Waals surface area contributed by atoms with E-state index >= 15 is 0 Å². The summed E-state index contributed by atoms with van der Waals surface area (Å²) in [5, 5.41) is 33.7. The highest BCUT2D eigenvalue weighted by atomic mass is 17.2. The number of nitrogens with two attached hydrogens (primary N) is 2. The lowest BCUT2D eigenvalue weighted by molar-refractivity contribution is -0.396. The first-order valence-electron chi connectivity index (χ1n) is 20.9. The van der Waals surface area contributed by atoms with E-state index in [0.717, 1.165) is 37.0 Å². The van der Waals surface area contributed by atoms with E-state index in [0.29, 0.717) is 22.8 Å². The standard InChI is InChI=1S/C18H26N2O6.C10H18O5.C8H6N2O6.C8H10N2O2.C2H6O/c1-8-23-26-14-10-9-12(19-15(21)24-17(2,3)4)11-13(14)20-16(22)25-18(5,6)7;1-9(2,3)14-7(11)13-8(12)15-10(4,5)6;1-2-15-16-8-4-3-6(9(11)12)5-7(8)10(13)14;1-2-11-12-8-4-3-6(9)5-7(8)10;1-2-3/h8-11H,1H2,2-7H3,(H,19,21)(H,20,22);1-6H3;2-5H,1H2;2-5H,1,9-10H2;3H,2H2,1H3. The number of anilines is 4. The summed E-state index contributed by atoms with van der Waals surface area (Å²) in [4.78, 5) is 93.1. The van der Waals surface area contributed by atoms with Crippen LogP contribution < -0.4 is 36.8 Å². The molecule has 72 heavy (non-hydrogen) atoms. The van der Waals surface area contributed by atoms with Gasteiger partial charge in [0, 0.05) is 24.0 Å². The number of nitrogens with one attached hydrogen (secondary N) is 2. The molecule has 0 heterocycles. The smallest absolute Gasteiger partial charge is 0.444 e. The van der Waals surface area contributed by atoms with Crippen molar-refractivity contribution in [3.8, 4) is 17.2 Å². The van der Waals surface area contributed by atoms with E-state index in [1.54, 1.807) is 114 Å². The van der Waals surface area contributed by atoms with Crippen molar-refractivity contribution in [3.05, 3.63) is 113 Å². The summed E-state index contributed by atoms with van der Waals surface area (Å²) in [5.74, 6) is 0.380. The Kier molecular flexibility index (Phi) is 28.6. The molecule has 0 unspecified atom stereocenters. The average Bonchev–Trinajstić information content (AvgIpc) is 3.20. The van der Waals surface area contributed by atoms with E-state index in [1.807, 2.05) is 0 Å². The van der Waals surface area contributed by atoms with Gasteiger partial charge in [-0.1, -0.05) is 19.7 Å². The van der Waals surface area contributed by atoms with Crippen LogP contribution in [0.15, 0.2) is 93.1 Å². The highest BCUT2D eigenvalue weighted by Gasteiger charge is 2.25. The molecule has 26 heteroatoms. The van der Waals surface area contributed by atoms with Gasteiger partial charge in [-0.2, -0.15) is 0 Å². The quantitative estimate of drug-likeness (QED) is 0.0155. The van der Waals surface area contributed by atoms with Crippen LogP contribution in [0, 0.1) is 20.2 Å². The number of nitrogens with zero attached hydrogens (tertiary/aromatic N) is 2. The third-order valence-corrected chi connectivity index (χ3v) is 6.21. The van der Waals surface area contributed by atoms with Crippen LogP contribution in [-0.2, 0) is 38.3 Å². The molecule has 2 amide bonds. The van der Waals surface area contributed by atoms with Crippen LogP contribution in [-0.4, -0.2) is 68.5 Å². The maximum absolute atomic E-state index is 12.0. The first kappa shape index (κ1) is 65.4. The molecule has 0 fully saturated rings. The van der Waals surface area contributed by atoms with Gasteiger partial charge in [-0.25, -0.2) is 19.2 Å². The average molecular weight is 1020 g/mol. The number of aliphatic hydroxyl groups is 1. The number of hydrogen-bond donors (Lipinski definition) is 5. The van der Waals surface area contributed by atoms with Gasteiger partial charge in [0.1, 0.15) is 41.2 Å². The van der Waals surface area contributed by atoms with Crippen molar-refractivity contribution in [2.75, 3.05) is 28.7 Å². The number of rotatable bonds is 13. The fraction of sp³-hybridized carbons (Fsp3) is 0.391. The maximum atomic E-state index is 12.0. The maximum Gasteiger partial charge on any atom is 0.519 e. The lowest BCUT2D eigenvalue weighted by Gasteiger charge is -2.21. The molecule has 0 atom stereocenters. The van der Waals surface area contributed by atoms with E-state index in [4.69, 9.17) is 45.3 Å². The van der Waals surface area contributed by atoms with Crippen LogP contribution in [0.1, 0.15) is 90.0 Å². The second kappa shape index (κ2) is 31.4. The van der Waals surface area contributed by atoms with Crippen molar-refractivity contribution in [2.24, 2.45) is 0 Å². The van der Waals surface area contributed by atoms with Crippen molar-refractivity contribution >= 4 is 58.6 Å². The number of ether oxygens (including phenoxy) is 5. The number of carbonyl (C=O) groups excluding carboxylic acids is 4. The highest BCUT2D eigenvalue weighted by Crippen LogP contribution is 2.32. The Hall–Kier alpha value is -8.68. The summed E-state index contributed by atoms with van der Waals surface area (Å²) < 4.78 is 24.2. The Morgan fingerprint density at radius 1 is 0.597 bits per heavy atom. The van der Waals surface area contributed by atoms with Crippen molar-refractivity contribution < 1.29 is 87.1 Å². The summed E-state index contributed by atoms with van der Waals surface area (Å²) in [7, 11) is 0. The Labute approximate surface area is 416 Å². The van der Waals surface area contributed by atoms with Gasteiger partial charge in [0.15, 0.2) is 0 Å². The molecular weight excluding hydrogens is 957 g/mol. The number of amides is 2. The SMILES string of the molecule is C=COOc1ccc(N)cc1N.C=COOc1ccc(NC(=O)OC(C)(C)C)cc1NC(=O)OC(C)(C)C.C=COOc1ccc([N+](=O)[O-])cc1[N+](=O)[O-].CC(C)(C)OC(=O)OC(=O)OC(C)(C)C.CCO. The van der Waals surface area contributed by atoms with Gasteiger partial charge in [0.2, 0.25) is 11.5 Å². The lowest BCUT2D eigenvalue weighted by Crippen LogP contribution is -2.29. The molecule has 400 valence electrons. The van der Waals surface area contributed by atoms with Crippen molar-refractivity contribution in [3.63, 3.8) is 0 Å². The minimum absolute atomic E-state index is 0.200. The zero-order valence-corrected chi connectivity index (χ0v) is 42.5. The molecule has 7 N–H and O–H groups in total. The molecule has 3 rings (SSSR count). The first-order chi connectivity index (χ1) is 33.1. The molecule has 0 saturated carbocycles. The van der Waals surface area contributed by atoms with Crippen LogP contribution in [0.5, 0.6) is 17.2 Å². The van der Waals surface area contributed by atoms with E-state index in [9.17, 15) is 39.4 Å². The fourth-order valence-electron chi connectivity index (χ4n) is 3.96. The van der Waals surface area contributed by atoms with Gasteiger partial charge in [0.25, 0.3) is 11.4 Å². The number of aliphatic hydroxyl groups excluding tert-OH is 1. The number of carbonyl (C=O) groups is 4. The number of nitro benzene ring substituents is 2. The normalized spacial score (nSPS) is 10.3. The Bertz CT molecular complexity index is 2240. The predicted octanol–water partition coefficient (Wildman–Crippen LogP) is 11.0. The number of hydrogen-bond acceptors (Lipinski definition) is 22. The molecule has 0 radical (unpaired) electrons. The monoisotopic (exact) mass is 1020 g/mol. The third-order valence-electron chi connectivity index (χ3n) is 6.21. The predicted molar refractivity (Wildman–Crippen MR) is 263 cm³/mol. The van der Waals surface area contributed by atoms with Gasteiger partial charge in [-0.3, -0.25) is 60.2 Å². The Balaban J connectivity index is 0. The van der Waals surface area contributed by atoms with Crippen molar-refractivity contribution in [1.29, 1.82) is 0 Å². The summed E-state index contributed by atoms with van der Waals surface area (Å²) in [6.07, 6.45) is -0.258. The van der Waals surface area contributed by atoms with Gasteiger partial charge < -0.3 is 40.3 Å². The summed E-state index contributed by atoms with van der Waals surface area (Å²) in [6, 6.07) is 12.3. The molecule has 26 nitrogen and oxygen atoms in total. The molecular formula is C46H66N6O20. The van der Waals surface area contributed by atoms with Crippen LogP contribution in [0.4, 0.5) is 53.3 Å². The Morgan fingerprint density at radius 2 is 1.00 bits per heavy atom. The van der Waals surface area contributed by atoms with Crippen molar-refractivity contribution in [2.45, 2.75) is 112 Å². The third kappa shape index (κ3) is 32.9. The van der Waals surface area contributed by atoms with E-state index < -0.39 is 68.1 Å². The topological polar surface area (TPSA) is 352 Å². The molecule has 0 saturated heterocycles. The number of nitrogen functional groups attached to an aromatic ring is 2. The molecule has 0 spiro atoms. The zero-order valence-electron chi connectivity index (χ0n) is 42.5. The molecule has 0 aliphatic carbocycles. The van der Waals surface area contributed by atoms with E-state index in [2.05, 4.69) is 54.7 Å². The highest BCUT2D eigenvalue weighted by molar-refractivity contribution is 5.91. The molecule has 0 bridgehead atoms. The van der Waals surface area contributed by atoms with Crippen LogP contribution >= 0.6 is 0 Å². The Morgan fingerprint density at radius 3 is 1.40 bits per heavy atom. The lowest BCUT2D eigenvalue weighted by atomic mass is 10.2. The first-order valence-corrected chi connectivity index (χ1v) is 20.9. The van der Waals surface area contributed by atoms with Crippen LogP contribution in [0.2, 0.25) is 0 Å².